The van der Waals surface area contributed by atoms with E-state index in [1.807, 2.05) is 24.5 Å². The van der Waals surface area contributed by atoms with Crippen LogP contribution in [0.25, 0.3) is 22.0 Å². The molecule has 5 heteroatoms. The van der Waals surface area contributed by atoms with Crippen LogP contribution >= 0.6 is 11.3 Å². The zero-order valence-electron chi connectivity index (χ0n) is 13.4. The molecule has 0 spiro atoms. The minimum atomic E-state index is 0.774. The summed E-state index contributed by atoms with van der Waals surface area (Å²) in [6.07, 6.45) is 5.75. The first-order chi connectivity index (χ1) is 11.3. The van der Waals surface area contributed by atoms with Gasteiger partial charge in [0.1, 0.15) is 0 Å². The Morgan fingerprint density at radius 3 is 2.78 bits per heavy atom. The van der Waals surface area contributed by atoms with Gasteiger partial charge in [0.05, 0.1) is 10.6 Å². The Balaban J connectivity index is 1.92. The fraction of sp³-hybridized carbons (Fsp3) is 0.278. The first kappa shape index (κ1) is 15.6. The van der Waals surface area contributed by atoms with Crippen LogP contribution in [0.5, 0.6) is 0 Å². The highest BCUT2D eigenvalue weighted by Gasteiger charge is 2.10. The second kappa shape index (κ2) is 7.33. The summed E-state index contributed by atoms with van der Waals surface area (Å²) >= 11 is 1.63. The van der Waals surface area contributed by atoms with Crippen LogP contribution in [0, 0.1) is 0 Å². The van der Waals surface area contributed by atoms with E-state index in [4.69, 9.17) is 4.98 Å². The van der Waals surface area contributed by atoms with Crippen molar-refractivity contribution in [1.82, 2.24) is 15.0 Å². The van der Waals surface area contributed by atoms with Gasteiger partial charge in [0.15, 0.2) is 11.0 Å². The van der Waals surface area contributed by atoms with Gasteiger partial charge in [0.2, 0.25) is 0 Å². The molecule has 0 bridgehead atoms. The van der Waals surface area contributed by atoms with Crippen molar-refractivity contribution in [2.75, 3.05) is 11.9 Å². The Labute approximate surface area is 140 Å². The quantitative estimate of drug-likeness (QED) is 0.717. The molecule has 0 aliphatic carbocycles. The zero-order valence-corrected chi connectivity index (χ0v) is 14.2. The van der Waals surface area contributed by atoms with Crippen LogP contribution in [0.3, 0.4) is 0 Å². The van der Waals surface area contributed by atoms with Gasteiger partial charge in [-0.15, -0.1) is 0 Å². The molecule has 0 saturated heterocycles. The summed E-state index contributed by atoms with van der Waals surface area (Å²) in [5.74, 6) is 0.774. The van der Waals surface area contributed by atoms with Gasteiger partial charge in [-0.05, 0) is 24.5 Å². The highest BCUT2D eigenvalue weighted by atomic mass is 32.1. The second-order valence-electron chi connectivity index (χ2n) is 5.23. The molecule has 0 aliphatic rings. The molecular formula is C18H20N4S. The van der Waals surface area contributed by atoms with Crippen molar-refractivity contribution in [3.8, 4) is 22.0 Å². The number of aromatic nitrogens is 3. The van der Waals surface area contributed by atoms with Crippen LogP contribution in [0.4, 0.5) is 5.13 Å². The van der Waals surface area contributed by atoms with E-state index in [0.717, 1.165) is 46.5 Å². The molecule has 0 amide bonds. The molecule has 0 fully saturated rings. The van der Waals surface area contributed by atoms with Crippen molar-refractivity contribution in [2.45, 2.75) is 26.7 Å². The van der Waals surface area contributed by atoms with E-state index in [9.17, 15) is 0 Å². The van der Waals surface area contributed by atoms with E-state index in [1.54, 1.807) is 11.3 Å². The fourth-order valence-electron chi connectivity index (χ4n) is 2.38. The van der Waals surface area contributed by atoms with Crippen LogP contribution in [0.2, 0.25) is 0 Å². The predicted molar refractivity (Wildman–Crippen MR) is 96.7 cm³/mol. The van der Waals surface area contributed by atoms with Crippen LogP contribution < -0.4 is 5.32 Å². The summed E-state index contributed by atoms with van der Waals surface area (Å²) < 4.78 is 0. The summed E-state index contributed by atoms with van der Waals surface area (Å²) in [5, 5.41) is 4.25. The van der Waals surface area contributed by atoms with Crippen molar-refractivity contribution in [2.24, 2.45) is 0 Å². The van der Waals surface area contributed by atoms with Gasteiger partial charge in [-0.25, -0.2) is 15.0 Å². The van der Waals surface area contributed by atoms with E-state index < -0.39 is 0 Å². The molecule has 1 N–H and O–H groups in total. The van der Waals surface area contributed by atoms with E-state index in [0.29, 0.717) is 0 Å². The third-order valence-electron chi connectivity index (χ3n) is 3.58. The number of hydrogen-bond donors (Lipinski definition) is 1. The lowest BCUT2D eigenvalue weighted by atomic mass is 10.0. The topological polar surface area (TPSA) is 50.7 Å². The first-order valence-electron chi connectivity index (χ1n) is 7.93. The molecule has 118 valence electrons. The molecular weight excluding hydrogens is 304 g/mol. The van der Waals surface area contributed by atoms with Gasteiger partial charge in [-0.3, -0.25) is 0 Å². The van der Waals surface area contributed by atoms with Crippen molar-refractivity contribution in [3.63, 3.8) is 0 Å². The summed E-state index contributed by atoms with van der Waals surface area (Å²) in [6, 6.07) is 10.2. The summed E-state index contributed by atoms with van der Waals surface area (Å²) in [7, 11) is 0. The first-order valence-corrected chi connectivity index (χ1v) is 8.74. The zero-order chi connectivity index (χ0) is 16.1. The third-order valence-corrected chi connectivity index (χ3v) is 4.56. The van der Waals surface area contributed by atoms with E-state index in [2.05, 4.69) is 47.3 Å². The molecule has 3 rings (SSSR count). The summed E-state index contributed by atoms with van der Waals surface area (Å²) in [6.45, 7) is 5.23. The number of nitrogens with zero attached hydrogens (tertiary/aromatic N) is 3. The average Bonchev–Trinajstić information content (AvgIpc) is 3.09. The van der Waals surface area contributed by atoms with Gasteiger partial charge in [0.25, 0.3) is 0 Å². The average molecular weight is 324 g/mol. The molecule has 4 nitrogen and oxygen atoms in total. The van der Waals surface area contributed by atoms with Crippen LogP contribution in [-0.4, -0.2) is 21.5 Å². The van der Waals surface area contributed by atoms with Crippen molar-refractivity contribution < 1.29 is 0 Å². The molecule has 0 atom stereocenters. The van der Waals surface area contributed by atoms with E-state index >= 15 is 0 Å². The molecule has 1 aromatic carbocycles. The minimum absolute atomic E-state index is 0.774. The predicted octanol–water partition coefficient (Wildman–Crippen LogP) is 4.65. The van der Waals surface area contributed by atoms with Crippen LogP contribution in [-0.2, 0) is 6.42 Å². The molecule has 0 aliphatic heterocycles. The third kappa shape index (κ3) is 3.56. The monoisotopic (exact) mass is 324 g/mol. The lowest BCUT2D eigenvalue weighted by Gasteiger charge is -2.07. The second-order valence-corrected chi connectivity index (χ2v) is 6.26. The molecule has 2 heterocycles. The molecule has 3 aromatic rings. The van der Waals surface area contributed by atoms with Gasteiger partial charge < -0.3 is 5.32 Å². The molecule has 0 saturated carbocycles. The summed E-state index contributed by atoms with van der Waals surface area (Å²) in [5.41, 5.74) is 3.29. The lowest BCUT2D eigenvalue weighted by molar-refractivity contribution is 0.976. The Kier molecular flexibility index (Phi) is 4.98. The van der Waals surface area contributed by atoms with Crippen LogP contribution in [0.15, 0.2) is 42.7 Å². The normalized spacial score (nSPS) is 10.7. The Morgan fingerprint density at radius 1 is 1.09 bits per heavy atom. The maximum atomic E-state index is 4.75. The SMILES string of the molecule is CCCNc1ncc(-c2ccnc(-c3ccccc3CC)n2)s1. The smallest absolute Gasteiger partial charge is 0.183 e. The number of rotatable bonds is 6. The maximum absolute atomic E-state index is 4.75. The van der Waals surface area contributed by atoms with Gasteiger partial charge >= 0.3 is 0 Å². The standard InChI is InChI=1S/C18H20N4S/c1-3-10-20-18-21-12-16(23-18)15-9-11-19-17(22-15)14-8-6-5-7-13(14)4-2/h5-9,11-12H,3-4,10H2,1-2H3,(H,20,21). The Hall–Kier alpha value is -2.27. The molecule has 0 radical (unpaired) electrons. The van der Waals surface area contributed by atoms with E-state index in [-0.39, 0.29) is 0 Å². The molecule has 2 aromatic heterocycles. The van der Waals surface area contributed by atoms with Gasteiger partial charge in [-0.2, -0.15) is 0 Å². The Morgan fingerprint density at radius 2 is 1.96 bits per heavy atom. The molecule has 0 unspecified atom stereocenters. The number of anilines is 1. The fourth-order valence-corrected chi connectivity index (χ4v) is 3.19. The van der Waals surface area contributed by atoms with Crippen molar-refractivity contribution in [3.05, 3.63) is 48.3 Å². The van der Waals surface area contributed by atoms with E-state index in [1.165, 1.54) is 5.56 Å². The number of aryl methyl sites for hydroxylation is 1. The lowest BCUT2D eigenvalue weighted by Crippen LogP contribution is -1.97. The minimum Gasteiger partial charge on any atom is -0.362 e. The highest BCUT2D eigenvalue weighted by molar-refractivity contribution is 7.18. The summed E-state index contributed by atoms with van der Waals surface area (Å²) in [4.78, 5) is 14.7. The number of nitrogens with one attached hydrogen (secondary N) is 1. The van der Waals surface area contributed by atoms with Gasteiger partial charge in [-0.1, -0.05) is 49.4 Å². The number of hydrogen-bond acceptors (Lipinski definition) is 5. The van der Waals surface area contributed by atoms with Crippen molar-refractivity contribution in [1.29, 1.82) is 0 Å². The maximum Gasteiger partial charge on any atom is 0.183 e. The Bertz CT molecular complexity index is 782. The van der Waals surface area contributed by atoms with Crippen molar-refractivity contribution >= 4 is 16.5 Å². The molecule has 23 heavy (non-hydrogen) atoms. The van der Waals surface area contributed by atoms with Crippen LogP contribution in [0.1, 0.15) is 25.8 Å². The number of benzene rings is 1. The largest absolute Gasteiger partial charge is 0.362 e. The number of thiazole rings is 1. The highest BCUT2D eigenvalue weighted by Crippen LogP contribution is 2.29. The van der Waals surface area contributed by atoms with Gasteiger partial charge in [0, 0.05) is 24.5 Å².